The summed E-state index contributed by atoms with van der Waals surface area (Å²) in [7, 11) is 0. The first-order chi connectivity index (χ1) is 15.6. The Morgan fingerprint density at radius 2 is 1.97 bits per heavy atom. The zero-order chi connectivity index (χ0) is 22.1. The zero-order valence-corrected chi connectivity index (χ0v) is 18.4. The number of hydrogen-bond acceptors (Lipinski definition) is 4. The molecule has 0 aliphatic carbocycles. The maximum Gasteiger partial charge on any atom is 0.251 e. The van der Waals surface area contributed by atoms with Gasteiger partial charge in [0.15, 0.2) is 11.5 Å². The van der Waals surface area contributed by atoms with Crippen molar-refractivity contribution in [1.29, 1.82) is 0 Å². The monoisotopic (exact) mass is 429 g/mol. The van der Waals surface area contributed by atoms with Crippen LogP contribution < -0.4 is 5.32 Å². The van der Waals surface area contributed by atoms with Gasteiger partial charge in [0.1, 0.15) is 0 Å². The number of benzene rings is 1. The van der Waals surface area contributed by atoms with Crippen LogP contribution in [0.3, 0.4) is 0 Å². The molecule has 1 unspecified atom stereocenters. The minimum atomic E-state index is -0.0700. The number of nitrogens with one attached hydrogen (secondary N) is 1. The number of hydrogen-bond donors (Lipinski definition) is 1. The van der Waals surface area contributed by atoms with Crippen LogP contribution >= 0.6 is 0 Å². The molecular formula is C25H27N5O2. The molecule has 1 amide bonds. The van der Waals surface area contributed by atoms with Gasteiger partial charge in [0.25, 0.3) is 5.91 Å². The lowest BCUT2D eigenvalue weighted by atomic mass is 10.1. The van der Waals surface area contributed by atoms with Crippen LogP contribution in [0.2, 0.25) is 0 Å². The van der Waals surface area contributed by atoms with E-state index >= 15 is 0 Å². The topological polar surface area (TPSA) is 74.0 Å². The molecule has 164 valence electrons. The lowest BCUT2D eigenvalue weighted by Gasteiger charge is -2.11. The van der Waals surface area contributed by atoms with Gasteiger partial charge in [-0.3, -0.25) is 4.79 Å². The van der Waals surface area contributed by atoms with Crippen LogP contribution in [0.15, 0.2) is 54.9 Å². The zero-order valence-electron chi connectivity index (χ0n) is 18.4. The summed E-state index contributed by atoms with van der Waals surface area (Å²) in [6.45, 7) is 6.03. The van der Waals surface area contributed by atoms with E-state index in [1.165, 1.54) is 0 Å². The highest BCUT2D eigenvalue weighted by molar-refractivity contribution is 5.94. The Morgan fingerprint density at radius 1 is 1.19 bits per heavy atom. The molecule has 4 aromatic rings. The van der Waals surface area contributed by atoms with Gasteiger partial charge in [-0.2, -0.15) is 5.10 Å². The summed E-state index contributed by atoms with van der Waals surface area (Å²) in [5, 5.41) is 8.91. The summed E-state index contributed by atoms with van der Waals surface area (Å²) in [6, 6.07) is 13.8. The first-order valence-corrected chi connectivity index (χ1v) is 11.1. The fraction of sp³-hybridized carbons (Fsp3) is 0.320. The van der Waals surface area contributed by atoms with Gasteiger partial charge in [-0.25, -0.2) is 9.67 Å². The summed E-state index contributed by atoms with van der Waals surface area (Å²) >= 11 is 0. The van der Waals surface area contributed by atoms with Crippen LogP contribution in [-0.4, -0.2) is 44.5 Å². The number of amides is 1. The first-order valence-electron chi connectivity index (χ1n) is 11.1. The number of pyridine rings is 1. The Labute approximate surface area is 187 Å². The highest BCUT2D eigenvalue weighted by Crippen LogP contribution is 2.26. The van der Waals surface area contributed by atoms with E-state index in [0.717, 1.165) is 53.1 Å². The quantitative estimate of drug-likeness (QED) is 0.506. The van der Waals surface area contributed by atoms with Gasteiger partial charge in [-0.15, -0.1) is 0 Å². The van der Waals surface area contributed by atoms with E-state index < -0.39 is 0 Å². The van der Waals surface area contributed by atoms with Crippen molar-refractivity contribution in [3.05, 3.63) is 77.2 Å². The van der Waals surface area contributed by atoms with Crippen LogP contribution in [0.1, 0.15) is 40.0 Å². The summed E-state index contributed by atoms with van der Waals surface area (Å²) in [5.74, 6) is 0.805. The molecule has 1 atom stereocenters. The average Bonchev–Trinajstić information content (AvgIpc) is 3.54. The number of aryl methyl sites for hydroxylation is 2. The number of aromatic nitrogens is 4. The molecule has 0 spiro atoms. The Kier molecular flexibility index (Phi) is 5.49. The van der Waals surface area contributed by atoms with Crippen molar-refractivity contribution in [3.63, 3.8) is 0 Å². The minimum Gasteiger partial charge on any atom is -0.376 e. The third-order valence-corrected chi connectivity index (χ3v) is 5.92. The number of rotatable bonds is 6. The van der Waals surface area contributed by atoms with Gasteiger partial charge in [0.05, 0.1) is 18.0 Å². The Bertz CT molecular complexity index is 1240. The van der Waals surface area contributed by atoms with Gasteiger partial charge in [-0.1, -0.05) is 12.1 Å². The van der Waals surface area contributed by atoms with E-state index in [-0.39, 0.29) is 12.0 Å². The average molecular weight is 430 g/mol. The number of fused-ring (bicyclic) bond motifs is 1. The fourth-order valence-electron chi connectivity index (χ4n) is 4.31. The molecule has 7 nitrogen and oxygen atoms in total. The molecule has 32 heavy (non-hydrogen) atoms. The molecule has 3 aromatic heterocycles. The normalized spacial score (nSPS) is 16.0. The molecular weight excluding hydrogens is 402 g/mol. The predicted octanol–water partition coefficient (Wildman–Crippen LogP) is 3.80. The Balaban J connectivity index is 1.38. The first kappa shape index (κ1) is 20.5. The molecule has 0 radical (unpaired) electrons. The van der Waals surface area contributed by atoms with Gasteiger partial charge in [0, 0.05) is 36.8 Å². The third kappa shape index (κ3) is 4.03. The maximum atomic E-state index is 12.5. The van der Waals surface area contributed by atoms with E-state index in [2.05, 4.69) is 18.3 Å². The van der Waals surface area contributed by atoms with Crippen LogP contribution in [0.4, 0.5) is 0 Å². The molecule has 7 heteroatoms. The molecule has 1 N–H and O–H groups in total. The molecule has 0 saturated carbocycles. The maximum absolute atomic E-state index is 12.5. The van der Waals surface area contributed by atoms with E-state index in [0.29, 0.717) is 18.7 Å². The molecule has 1 saturated heterocycles. The second-order valence-electron chi connectivity index (χ2n) is 8.39. The van der Waals surface area contributed by atoms with Crippen molar-refractivity contribution in [3.8, 4) is 5.82 Å². The van der Waals surface area contributed by atoms with Crippen molar-refractivity contribution < 1.29 is 9.53 Å². The molecule has 0 bridgehead atoms. The lowest BCUT2D eigenvalue weighted by Crippen LogP contribution is -2.31. The van der Waals surface area contributed by atoms with Crippen molar-refractivity contribution in [2.24, 2.45) is 0 Å². The highest BCUT2D eigenvalue weighted by atomic mass is 16.5. The standard InChI is InChI=1S/C25H27N5O2/c1-17-14-18(2)27-23-22(17)24(29-11-3-4-12-29)28-30(23)16-19-7-9-20(10-8-19)25(31)26-15-21-6-5-13-32-21/h3-4,7-12,14,21H,5-6,13,15-16H2,1-2H3,(H,26,31). The van der Waals surface area contributed by atoms with Gasteiger partial charge >= 0.3 is 0 Å². The fourth-order valence-corrected chi connectivity index (χ4v) is 4.31. The number of nitrogens with zero attached hydrogens (tertiary/aromatic N) is 4. The highest BCUT2D eigenvalue weighted by Gasteiger charge is 2.18. The Hall–Kier alpha value is -3.45. The molecule has 1 aliphatic heterocycles. The van der Waals surface area contributed by atoms with Crippen molar-refractivity contribution >= 4 is 16.9 Å². The van der Waals surface area contributed by atoms with Gasteiger partial charge in [0.2, 0.25) is 0 Å². The summed E-state index contributed by atoms with van der Waals surface area (Å²) in [4.78, 5) is 17.2. The predicted molar refractivity (Wildman–Crippen MR) is 123 cm³/mol. The second kappa shape index (κ2) is 8.59. The molecule has 1 fully saturated rings. The summed E-state index contributed by atoms with van der Waals surface area (Å²) in [6.07, 6.45) is 6.21. The van der Waals surface area contributed by atoms with Gasteiger partial charge in [-0.05, 0) is 68.1 Å². The molecule has 1 aliphatic rings. The number of carbonyl (C=O) groups is 1. The lowest BCUT2D eigenvalue weighted by molar-refractivity contribution is 0.0858. The third-order valence-electron chi connectivity index (χ3n) is 5.92. The molecule has 4 heterocycles. The van der Waals surface area contributed by atoms with E-state index in [4.69, 9.17) is 14.8 Å². The van der Waals surface area contributed by atoms with Crippen LogP contribution in [0.25, 0.3) is 16.9 Å². The van der Waals surface area contributed by atoms with Gasteiger partial charge < -0.3 is 14.6 Å². The van der Waals surface area contributed by atoms with Crippen LogP contribution in [0, 0.1) is 13.8 Å². The largest absolute Gasteiger partial charge is 0.376 e. The van der Waals surface area contributed by atoms with Crippen LogP contribution in [0.5, 0.6) is 0 Å². The smallest absolute Gasteiger partial charge is 0.251 e. The van der Waals surface area contributed by atoms with Crippen molar-refractivity contribution in [2.75, 3.05) is 13.2 Å². The van der Waals surface area contributed by atoms with E-state index in [9.17, 15) is 4.79 Å². The number of ether oxygens (including phenoxy) is 1. The van der Waals surface area contributed by atoms with E-state index in [1.54, 1.807) is 0 Å². The van der Waals surface area contributed by atoms with Crippen molar-refractivity contribution in [2.45, 2.75) is 39.3 Å². The second-order valence-corrected chi connectivity index (χ2v) is 8.39. The summed E-state index contributed by atoms with van der Waals surface area (Å²) < 4.78 is 9.53. The van der Waals surface area contributed by atoms with Crippen LogP contribution in [-0.2, 0) is 11.3 Å². The SMILES string of the molecule is Cc1cc(C)c2c(-n3cccc3)nn(Cc3ccc(C(=O)NCC4CCCO4)cc3)c2n1. The molecule has 1 aromatic carbocycles. The Morgan fingerprint density at radius 3 is 2.69 bits per heavy atom. The summed E-state index contributed by atoms with van der Waals surface area (Å²) in [5.41, 5.74) is 4.69. The minimum absolute atomic E-state index is 0.0700. The molecule has 5 rings (SSSR count). The van der Waals surface area contributed by atoms with E-state index in [1.807, 2.05) is 65.0 Å². The number of carbonyl (C=O) groups excluding carboxylic acids is 1. The van der Waals surface area contributed by atoms with Crippen molar-refractivity contribution in [1.82, 2.24) is 24.6 Å².